The van der Waals surface area contributed by atoms with E-state index in [9.17, 15) is 9.90 Å². The van der Waals surface area contributed by atoms with E-state index in [-0.39, 0.29) is 11.8 Å². The van der Waals surface area contributed by atoms with Crippen LogP contribution in [-0.2, 0) is 22.6 Å². The zero-order valence-corrected chi connectivity index (χ0v) is 14.9. The molecule has 0 bridgehead atoms. The lowest BCUT2D eigenvalue weighted by Crippen LogP contribution is -2.38. The molecular formula is C20H25N3O3. The number of carbonyl (C=O) groups excluding carboxylic acids is 1. The SMILES string of the molecule is O=C(C1CCOCC1)N1CCCn2nc([C@H](O)c3ccccc3)cc2C1. The highest BCUT2D eigenvalue weighted by molar-refractivity contribution is 5.79. The molecule has 2 aliphatic rings. The Morgan fingerprint density at radius 3 is 2.73 bits per heavy atom. The maximum Gasteiger partial charge on any atom is 0.226 e. The third-order valence-electron chi connectivity index (χ3n) is 5.31. The molecule has 0 radical (unpaired) electrons. The van der Waals surface area contributed by atoms with E-state index in [0.29, 0.717) is 25.5 Å². The number of aliphatic hydroxyl groups is 1. The van der Waals surface area contributed by atoms with Gasteiger partial charge in [-0.1, -0.05) is 30.3 Å². The van der Waals surface area contributed by atoms with Gasteiger partial charge in [0, 0.05) is 32.2 Å². The van der Waals surface area contributed by atoms with Crippen molar-refractivity contribution in [2.45, 2.75) is 38.5 Å². The first-order valence-corrected chi connectivity index (χ1v) is 9.38. The largest absolute Gasteiger partial charge is 0.382 e. The van der Waals surface area contributed by atoms with Crippen LogP contribution in [0, 0.1) is 5.92 Å². The van der Waals surface area contributed by atoms with Crippen LogP contribution in [0.15, 0.2) is 36.4 Å². The van der Waals surface area contributed by atoms with E-state index in [4.69, 9.17) is 4.74 Å². The Labute approximate surface area is 153 Å². The lowest BCUT2D eigenvalue weighted by Gasteiger charge is -2.28. The van der Waals surface area contributed by atoms with Gasteiger partial charge < -0.3 is 14.7 Å². The number of amides is 1. The van der Waals surface area contributed by atoms with Crippen LogP contribution in [0.3, 0.4) is 0 Å². The Morgan fingerprint density at radius 1 is 1.19 bits per heavy atom. The fourth-order valence-corrected chi connectivity index (χ4v) is 3.82. The molecule has 1 atom stereocenters. The van der Waals surface area contributed by atoms with E-state index in [1.165, 1.54) is 0 Å². The first-order chi connectivity index (χ1) is 12.7. The minimum Gasteiger partial charge on any atom is -0.382 e. The number of aromatic nitrogens is 2. The van der Waals surface area contributed by atoms with Crippen LogP contribution in [0.2, 0.25) is 0 Å². The number of hydrogen-bond donors (Lipinski definition) is 1. The molecule has 0 spiro atoms. The standard InChI is InChI=1S/C20H25N3O3/c24-19(15-5-2-1-3-6-15)18-13-17-14-22(9-4-10-23(17)21-18)20(25)16-7-11-26-12-8-16/h1-3,5-6,13,16,19,24H,4,7-12,14H2/t19-/m1/s1. The number of carbonyl (C=O) groups is 1. The van der Waals surface area contributed by atoms with Crippen LogP contribution in [-0.4, -0.2) is 45.5 Å². The highest BCUT2D eigenvalue weighted by Gasteiger charge is 2.29. The van der Waals surface area contributed by atoms with E-state index in [0.717, 1.165) is 43.6 Å². The highest BCUT2D eigenvalue weighted by Crippen LogP contribution is 2.25. The molecule has 1 saturated heterocycles. The molecule has 1 N–H and O–H groups in total. The maximum absolute atomic E-state index is 12.9. The van der Waals surface area contributed by atoms with Crippen molar-refractivity contribution in [1.82, 2.24) is 14.7 Å². The number of rotatable bonds is 3. The summed E-state index contributed by atoms with van der Waals surface area (Å²) in [5.41, 5.74) is 2.47. The predicted octanol–water partition coefficient (Wildman–Crippen LogP) is 2.12. The minimum atomic E-state index is -0.740. The molecule has 3 heterocycles. The third kappa shape index (κ3) is 3.52. The van der Waals surface area contributed by atoms with Crippen LogP contribution in [0.4, 0.5) is 0 Å². The number of aliphatic hydroxyl groups excluding tert-OH is 1. The van der Waals surface area contributed by atoms with Crippen molar-refractivity contribution in [2.24, 2.45) is 5.92 Å². The van der Waals surface area contributed by atoms with Crippen molar-refractivity contribution in [2.75, 3.05) is 19.8 Å². The summed E-state index contributed by atoms with van der Waals surface area (Å²) in [6.45, 7) is 3.44. The van der Waals surface area contributed by atoms with Gasteiger partial charge >= 0.3 is 0 Å². The van der Waals surface area contributed by atoms with Crippen LogP contribution in [0.25, 0.3) is 0 Å². The van der Waals surface area contributed by atoms with Gasteiger partial charge in [0.25, 0.3) is 0 Å². The highest BCUT2D eigenvalue weighted by atomic mass is 16.5. The normalized spacial score (nSPS) is 19.7. The summed E-state index contributed by atoms with van der Waals surface area (Å²) in [6, 6.07) is 11.5. The number of ether oxygens (including phenoxy) is 1. The lowest BCUT2D eigenvalue weighted by atomic mass is 9.98. The van der Waals surface area contributed by atoms with Crippen molar-refractivity contribution in [3.63, 3.8) is 0 Å². The summed E-state index contributed by atoms with van der Waals surface area (Å²) < 4.78 is 7.32. The first-order valence-electron chi connectivity index (χ1n) is 9.38. The number of benzene rings is 1. The molecule has 138 valence electrons. The van der Waals surface area contributed by atoms with Crippen LogP contribution in [0.5, 0.6) is 0 Å². The second kappa shape index (κ2) is 7.60. The average molecular weight is 355 g/mol. The summed E-state index contributed by atoms with van der Waals surface area (Å²) in [5.74, 6) is 0.306. The van der Waals surface area contributed by atoms with Gasteiger partial charge in [0.15, 0.2) is 0 Å². The Hall–Kier alpha value is -2.18. The predicted molar refractivity (Wildman–Crippen MR) is 96.3 cm³/mol. The minimum absolute atomic E-state index is 0.0765. The molecular weight excluding hydrogens is 330 g/mol. The van der Waals surface area contributed by atoms with Gasteiger partial charge in [-0.15, -0.1) is 0 Å². The van der Waals surface area contributed by atoms with E-state index in [1.807, 2.05) is 46.0 Å². The summed E-state index contributed by atoms with van der Waals surface area (Å²) >= 11 is 0. The molecule has 4 rings (SSSR count). The van der Waals surface area contributed by atoms with Gasteiger partial charge in [-0.2, -0.15) is 5.10 Å². The van der Waals surface area contributed by atoms with Gasteiger partial charge in [-0.05, 0) is 30.9 Å². The molecule has 0 saturated carbocycles. The summed E-state index contributed by atoms with van der Waals surface area (Å²) in [5, 5.41) is 15.2. The zero-order chi connectivity index (χ0) is 17.9. The second-order valence-electron chi connectivity index (χ2n) is 7.10. The van der Waals surface area contributed by atoms with Crippen molar-refractivity contribution < 1.29 is 14.6 Å². The first kappa shape index (κ1) is 17.2. The van der Waals surface area contributed by atoms with Crippen LogP contribution < -0.4 is 0 Å². The molecule has 26 heavy (non-hydrogen) atoms. The fourth-order valence-electron chi connectivity index (χ4n) is 3.82. The molecule has 1 fully saturated rings. The van der Waals surface area contributed by atoms with Gasteiger partial charge in [0.1, 0.15) is 6.10 Å². The fraction of sp³-hybridized carbons (Fsp3) is 0.500. The van der Waals surface area contributed by atoms with Crippen LogP contribution in [0.1, 0.15) is 42.3 Å². The van der Waals surface area contributed by atoms with E-state index >= 15 is 0 Å². The summed E-state index contributed by atoms with van der Waals surface area (Å²) in [7, 11) is 0. The number of nitrogens with zero attached hydrogens (tertiary/aromatic N) is 3. The van der Waals surface area contributed by atoms with Gasteiger partial charge in [-0.25, -0.2) is 0 Å². The quantitative estimate of drug-likeness (QED) is 0.916. The topological polar surface area (TPSA) is 67.6 Å². The Morgan fingerprint density at radius 2 is 1.96 bits per heavy atom. The van der Waals surface area contributed by atoms with Crippen molar-refractivity contribution >= 4 is 5.91 Å². The number of hydrogen-bond acceptors (Lipinski definition) is 4. The van der Waals surface area contributed by atoms with E-state index < -0.39 is 6.10 Å². The molecule has 1 aromatic carbocycles. The number of fused-ring (bicyclic) bond motifs is 1. The molecule has 6 nitrogen and oxygen atoms in total. The summed E-state index contributed by atoms with van der Waals surface area (Å²) in [4.78, 5) is 14.8. The average Bonchev–Trinajstić information content (AvgIpc) is 2.99. The third-order valence-corrected chi connectivity index (χ3v) is 5.31. The Bertz CT molecular complexity index is 753. The lowest BCUT2D eigenvalue weighted by molar-refractivity contribution is -0.139. The van der Waals surface area contributed by atoms with E-state index in [1.54, 1.807) is 0 Å². The molecule has 2 aliphatic heterocycles. The monoisotopic (exact) mass is 355 g/mol. The molecule has 1 amide bonds. The molecule has 2 aromatic rings. The van der Waals surface area contributed by atoms with Gasteiger partial charge in [0.05, 0.1) is 17.9 Å². The van der Waals surface area contributed by atoms with Crippen molar-refractivity contribution in [3.05, 3.63) is 53.3 Å². The maximum atomic E-state index is 12.9. The van der Waals surface area contributed by atoms with Crippen molar-refractivity contribution in [1.29, 1.82) is 0 Å². The van der Waals surface area contributed by atoms with Crippen LogP contribution >= 0.6 is 0 Å². The van der Waals surface area contributed by atoms with Crippen molar-refractivity contribution in [3.8, 4) is 0 Å². The Balaban J connectivity index is 1.51. The second-order valence-corrected chi connectivity index (χ2v) is 7.10. The molecule has 1 aromatic heterocycles. The number of aryl methyl sites for hydroxylation is 1. The zero-order valence-electron chi connectivity index (χ0n) is 14.9. The Kier molecular flexibility index (Phi) is 5.04. The van der Waals surface area contributed by atoms with Gasteiger partial charge in [-0.3, -0.25) is 9.48 Å². The smallest absolute Gasteiger partial charge is 0.226 e. The van der Waals surface area contributed by atoms with Gasteiger partial charge in [0.2, 0.25) is 5.91 Å². The molecule has 0 unspecified atom stereocenters. The summed E-state index contributed by atoms with van der Waals surface area (Å²) in [6.07, 6.45) is 1.76. The van der Waals surface area contributed by atoms with E-state index in [2.05, 4.69) is 5.10 Å². The molecule has 6 heteroatoms. The molecule has 0 aliphatic carbocycles.